The third kappa shape index (κ3) is 1.95. The molecule has 0 fully saturated rings. The molecule has 0 aliphatic rings. The number of aromatic nitrogens is 2. The lowest BCUT2D eigenvalue weighted by Gasteiger charge is -2.12. The molecule has 5 nitrogen and oxygen atoms in total. The van der Waals surface area contributed by atoms with Crippen molar-refractivity contribution in [2.24, 2.45) is 0 Å². The Bertz CT molecular complexity index is 576. The van der Waals surface area contributed by atoms with Gasteiger partial charge in [0.25, 0.3) is 0 Å². The van der Waals surface area contributed by atoms with Gasteiger partial charge in [0.1, 0.15) is 22.9 Å². The van der Waals surface area contributed by atoms with Gasteiger partial charge in [0.2, 0.25) is 0 Å². The Morgan fingerprint density at radius 1 is 1.28 bits per heavy atom. The van der Waals surface area contributed by atoms with Gasteiger partial charge in [0.15, 0.2) is 6.29 Å². The molecule has 2 aromatic rings. The number of nitrogens with one attached hydrogen (secondary N) is 1. The van der Waals surface area contributed by atoms with E-state index in [-0.39, 0.29) is 0 Å². The summed E-state index contributed by atoms with van der Waals surface area (Å²) in [5.74, 6) is 1.33. The van der Waals surface area contributed by atoms with E-state index in [1.54, 1.807) is 20.3 Å². The van der Waals surface area contributed by atoms with E-state index in [2.05, 4.69) is 9.97 Å². The zero-order chi connectivity index (χ0) is 13.1. The average molecular weight is 246 g/mol. The van der Waals surface area contributed by atoms with Gasteiger partial charge in [-0.05, 0) is 18.6 Å². The second-order valence-corrected chi connectivity index (χ2v) is 3.80. The van der Waals surface area contributed by atoms with Gasteiger partial charge >= 0.3 is 0 Å². The summed E-state index contributed by atoms with van der Waals surface area (Å²) in [7, 11) is 3.17. The number of hydrogen-bond donors (Lipinski definition) is 1. The number of methoxy groups -OCH3 is 2. The summed E-state index contributed by atoms with van der Waals surface area (Å²) in [5.41, 5.74) is 2.74. The smallest absolute Gasteiger partial charge is 0.168 e. The summed E-state index contributed by atoms with van der Waals surface area (Å²) in [5, 5.41) is 0. The highest BCUT2D eigenvalue weighted by atomic mass is 16.5. The van der Waals surface area contributed by atoms with E-state index in [9.17, 15) is 4.79 Å². The molecule has 0 amide bonds. The number of imidazole rings is 1. The molecule has 1 heterocycles. The van der Waals surface area contributed by atoms with Gasteiger partial charge in [0, 0.05) is 11.6 Å². The van der Waals surface area contributed by atoms with Crippen LogP contribution in [0.4, 0.5) is 0 Å². The highest BCUT2D eigenvalue weighted by molar-refractivity contribution is 5.86. The number of aromatic amines is 1. The van der Waals surface area contributed by atoms with E-state index in [1.165, 1.54) is 6.33 Å². The van der Waals surface area contributed by atoms with E-state index in [4.69, 9.17) is 9.47 Å². The minimum absolute atomic E-state index is 0.432. The zero-order valence-corrected chi connectivity index (χ0v) is 10.5. The highest BCUT2D eigenvalue weighted by Gasteiger charge is 2.16. The molecule has 5 heteroatoms. The van der Waals surface area contributed by atoms with Crippen molar-refractivity contribution in [3.8, 4) is 22.8 Å². The summed E-state index contributed by atoms with van der Waals surface area (Å²) in [4.78, 5) is 17.9. The zero-order valence-electron chi connectivity index (χ0n) is 10.5. The Morgan fingerprint density at radius 2 is 2.06 bits per heavy atom. The fourth-order valence-corrected chi connectivity index (χ4v) is 1.90. The third-order valence-electron chi connectivity index (χ3n) is 2.75. The Hall–Kier alpha value is -2.30. The van der Waals surface area contributed by atoms with Gasteiger partial charge in [-0.25, -0.2) is 4.98 Å². The first-order valence-corrected chi connectivity index (χ1v) is 5.42. The molecule has 0 aliphatic carbocycles. The van der Waals surface area contributed by atoms with Crippen molar-refractivity contribution in [3.63, 3.8) is 0 Å². The lowest BCUT2D eigenvalue weighted by Crippen LogP contribution is -1.96. The molecule has 0 bridgehead atoms. The maximum Gasteiger partial charge on any atom is 0.168 e. The largest absolute Gasteiger partial charge is 0.497 e. The second kappa shape index (κ2) is 4.91. The molecule has 1 N–H and O–H groups in total. The predicted molar refractivity (Wildman–Crippen MR) is 67.3 cm³/mol. The summed E-state index contributed by atoms with van der Waals surface area (Å²) >= 11 is 0. The number of nitrogens with zero attached hydrogens (tertiary/aromatic N) is 1. The predicted octanol–water partition coefficient (Wildman–Crippen LogP) is 2.21. The van der Waals surface area contributed by atoms with E-state index in [0.717, 1.165) is 17.4 Å². The van der Waals surface area contributed by atoms with Gasteiger partial charge in [0.05, 0.1) is 20.5 Å². The van der Waals surface area contributed by atoms with Gasteiger partial charge in [-0.3, -0.25) is 4.79 Å². The minimum Gasteiger partial charge on any atom is -0.497 e. The van der Waals surface area contributed by atoms with Crippen LogP contribution in [0.3, 0.4) is 0 Å². The molecule has 0 spiro atoms. The normalized spacial score (nSPS) is 10.2. The number of carbonyl (C=O) groups is 1. The molecule has 0 unspecified atom stereocenters. The quantitative estimate of drug-likeness (QED) is 0.840. The van der Waals surface area contributed by atoms with Crippen LogP contribution in [0.5, 0.6) is 11.5 Å². The molecule has 18 heavy (non-hydrogen) atoms. The summed E-state index contributed by atoms with van der Waals surface area (Å²) in [6, 6.07) is 3.65. The molecular weight excluding hydrogens is 232 g/mol. The van der Waals surface area contributed by atoms with Gasteiger partial charge in [-0.2, -0.15) is 0 Å². The monoisotopic (exact) mass is 246 g/mol. The van der Waals surface area contributed by atoms with E-state index in [0.29, 0.717) is 22.9 Å². The Balaban J connectivity index is 2.66. The van der Waals surface area contributed by atoms with E-state index < -0.39 is 0 Å². The van der Waals surface area contributed by atoms with Gasteiger partial charge in [-0.15, -0.1) is 0 Å². The number of hydrogen-bond acceptors (Lipinski definition) is 4. The first kappa shape index (κ1) is 12.2. The number of ether oxygens (including phenoxy) is 2. The summed E-state index contributed by atoms with van der Waals surface area (Å²) < 4.78 is 10.5. The molecule has 0 atom stereocenters. The number of aldehydes is 1. The molecule has 2 rings (SSSR count). The number of carbonyl (C=O) groups excluding carboxylic acids is 1. The Labute approximate surface area is 105 Å². The molecule has 94 valence electrons. The van der Waals surface area contributed by atoms with Crippen molar-refractivity contribution in [1.29, 1.82) is 0 Å². The minimum atomic E-state index is 0.432. The SMILES string of the molecule is COc1cc(C)c(-c2nc[nH]c2C=O)c(OC)c1. The van der Waals surface area contributed by atoms with Crippen molar-refractivity contribution in [1.82, 2.24) is 9.97 Å². The summed E-state index contributed by atoms with van der Waals surface area (Å²) in [6.07, 6.45) is 2.23. The molecule has 0 radical (unpaired) electrons. The van der Waals surface area contributed by atoms with Gasteiger partial charge in [-0.1, -0.05) is 0 Å². The molecule has 0 saturated heterocycles. The van der Waals surface area contributed by atoms with Crippen LogP contribution in [0.2, 0.25) is 0 Å². The van der Waals surface area contributed by atoms with Crippen molar-refractivity contribution in [2.45, 2.75) is 6.92 Å². The lowest BCUT2D eigenvalue weighted by atomic mass is 10.0. The van der Waals surface area contributed by atoms with Crippen molar-refractivity contribution >= 4 is 6.29 Å². The van der Waals surface area contributed by atoms with Crippen LogP contribution in [-0.2, 0) is 0 Å². The second-order valence-electron chi connectivity index (χ2n) is 3.80. The first-order valence-electron chi connectivity index (χ1n) is 5.42. The molecule has 1 aromatic heterocycles. The molecule has 0 aliphatic heterocycles. The van der Waals surface area contributed by atoms with Crippen molar-refractivity contribution in [2.75, 3.05) is 14.2 Å². The van der Waals surface area contributed by atoms with Crippen LogP contribution in [-0.4, -0.2) is 30.5 Å². The Kier molecular flexibility index (Phi) is 3.32. The van der Waals surface area contributed by atoms with Gasteiger partial charge < -0.3 is 14.5 Å². The fraction of sp³-hybridized carbons (Fsp3) is 0.231. The van der Waals surface area contributed by atoms with E-state index >= 15 is 0 Å². The third-order valence-corrected chi connectivity index (χ3v) is 2.75. The van der Waals surface area contributed by atoms with Crippen LogP contribution >= 0.6 is 0 Å². The molecule has 1 aromatic carbocycles. The molecular formula is C13H14N2O3. The van der Waals surface area contributed by atoms with Crippen LogP contribution in [0.1, 0.15) is 16.1 Å². The topological polar surface area (TPSA) is 64.2 Å². The highest BCUT2D eigenvalue weighted by Crippen LogP contribution is 2.36. The van der Waals surface area contributed by atoms with E-state index in [1.807, 2.05) is 13.0 Å². The van der Waals surface area contributed by atoms with Crippen LogP contribution < -0.4 is 9.47 Å². The lowest BCUT2D eigenvalue weighted by molar-refractivity contribution is 0.112. The standard InChI is InChI=1S/C13H14N2O3/c1-8-4-9(17-2)5-11(18-3)12(8)13-10(6-16)14-7-15-13/h4-7H,1-3H3,(H,14,15). The Morgan fingerprint density at radius 3 is 2.67 bits per heavy atom. The maximum absolute atomic E-state index is 11.0. The summed E-state index contributed by atoms with van der Waals surface area (Å²) in [6.45, 7) is 1.92. The fourth-order valence-electron chi connectivity index (χ4n) is 1.90. The van der Waals surface area contributed by atoms with Crippen molar-refractivity contribution < 1.29 is 14.3 Å². The van der Waals surface area contributed by atoms with Crippen LogP contribution in [0.15, 0.2) is 18.5 Å². The van der Waals surface area contributed by atoms with Crippen molar-refractivity contribution in [3.05, 3.63) is 29.7 Å². The maximum atomic E-state index is 11.0. The number of H-pyrrole nitrogens is 1. The number of benzene rings is 1. The first-order chi connectivity index (χ1) is 8.71. The number of rotatable bonds is 4. The average Bonchev–Trinajstić information content (AvgIpc) is 2.85. The number of aryl methyl sites for hydroxylation is 1. The van der Waals surface area contributed by atoms with Crippen LogP contribution in [0.25, 0.3) is 11.3 Å². The molecule has 0 saturated carbocycles. The van der Waals surface area contributed by atoms with Crippen LogP contribution in [0, 0.1) is 6.92 Å².